The van der Waals surface area contributed by atoms with Gasteiger partial charge in [0.2, 0.25) is 0 Å². The minimum Gasteiger partial charge on any atom is -0.351 e. The van der Waals surface area contributed by atoms with E-state index in [1.807, 2.05) is 5.32 Å². The highest BCUT2D eigenvalue weighted by Gasteiger charge is 2.34. The summed E-state index contributed by atoms with van der Waals surface area (Å²) in [5.41, 5.74) is -1.76. The Bertz CT molecular complexity index is 532. The van der Waals surface area contributed by atoms with E-state index in [2.05, 4.69) is 0 Å². The Balaban J connectivity index is 3.03. The Morgan fingerprint density at radius 1 is 1.50 bits per heavy atom. The molecule has 0 radical (unpaired) electrons. The zero-order valence-electron chi connectivity index (χ0n) is 8.73. The molecule has 8 heteroatoms. The molecule has 0 aliphatic carbocycles. The zero-order chi connectivity index (χ0) is 13.8. The van der Waals surface area contributed by atoms with Gasteiger partial charge >= 0.3 is 6.18 Å². The third-order valence-corrected chi connectivity index (χ3v) is 1.85. The van der Waals surface area contributed by atoms with Crippen molar-refractivity contribution in [2.45, 2.75) is 6.18 Å². The van der Waals surface area contributed by atoms with Gasteiger partial charge in [0.25, 0.3) is 5.69 Å². The lowest BCUT2D eigenvalue weighted by molar-refractivity contribution is -0.384. The monoisotopic (exact) mass is 257 g/mol. The van der Waals surface area contributed by atoms with Crippen molar-refractivity contribution in [2.75, 3.05) is 5.32 Å². The van der Waals surface area contributed by atoms with E-state index in [1.165, 1.54) is 18.2 Å². The van der Waals surface area contributed by atoms with Gasteiger partial charge in [-0.05, 0) is 6.07 Å². The summed E-state index contributed by atoms with van der Waals surface area (Å²) in [4.78, 5) is 9.72. The predicted molar refractivity (Wildman–Crippen MR) is 56.5 cm³/mol. The number of hydrogen-bond donors (Lipinski definition) is 1. The summed E-state index contributed by atoms with van der Waals surface area (Å²) in [6.07, 6.45) is -4.45. The zero-order valence-corrected chi connectivity index (χ0v) is 8.73. The number of benzene rings is 1. The molecule has 0 aliphatic heterocycles. The predicted octanol–water partition coefficient (Wildman–Crippen LogP) is 2.98. The largest absolute Gasteiger partial charge is 0.431 e. The van der Waals surface area contributed by atoms with Crippen molar-refractivity contribution < 1.29 is 18.1 Å². The average molecular weight is 257 g/mol. The highest BCUT2D eigenvalue weighted by atomic mass is 19.4. The quantitative estimate of drug-likeness (QED) is 0.513. The van der Waals surface area contributed by atoms with E-state index in [4.69, 9.17) is 5.26 Å². The van der Waals surface area contributed by atoms with Crippen molar-refractivity contribution in [2.24, 2.45) is 0 Å². The number of nitrogens with zero attached hydrogens (tertiary/aromatic N) is 2. The van der Waals surface area contributed by atoms with Gasteiger partial charge in [-0.1, -0.05) is 6.07 Å². The molecule has 1 aromatic carbocycles. The van der Waals surface area contributed by atoms with E-state index in [9.17, 15) is 23.3 Å². The van der Waals surface area contributed by atoms with Gasteiger partial charge in [0, 0.05) is 23.9 Å². The van der Waals surface area contributed by atoms with Crippen LogP contribution in [0.25, 0.3) is 0 Å². The molecule has 0 bridgehead atoms. The van der Waals surface area contributed by atoms with Crippen molar-refractivity contribution >= 4 is 11.4 Å². The van der Waals surface area contributed by atoms with Crippen LogP contribution in [0.4, 0.5) is 24.5 Å². The molecule has 0 saturated carbocycles. The van der Waals surface area contributed by atoms with E-state index in [0.717, 1.165) is 12.1 Å². The van der Waals surface area contributed by atoms with Crippen LogP contribution in [-0.4, -0.2) is 11.1 Å². The van der Waals surface area contributed by atoms with Crippen molar-refractivity contribution in [3.8, 4) is 6.07 Å². The van der Waals surface area contributed by atoms with Gasteiger partial charge in [0.1, 0.15) is 5.70 Å². The minimum absolute atomic E-state index is 0.122. The summed E-state index contributed by atoms with van der Waals surface area (Å²) in [6, 6.07) is 5.80. The SMILES string of the molecule is N#C/C=C(\Nc1cccc([N+](=O)[O-])c1)C(F)(F)F. The van der Waals surface area contributed by atoms with Crippen LogP contribution in [0.5, 0.6) is 0 Å². The number of anilines is 1. The van der Waals surface area contributed by atoms with Crippen LogP contribution in [-0.2, 0) is 0 Å². The van der Waals surface area contributed by atoms with Gasteiger partial charge in [-0.25, -0.2) is 0 Å². The molecule has 5 nitrogen and oxygen atoms in total. The van der Waals surface area contributed by atoms with Gasteiger partial charge in [-0.2, -0.15) is 18.4 Å². The van der Waals surface area contributed by atoms with Crippen LogP contribution >= 0.6 is 0 Å². The normalized spacial score (nSPS) is 11.8. The molecule has 0 saturated heterocycles. The molecule has 0 amide bonds. The fourth-order valence-corrected chi connectivity index (χ4v) is 1.11. The first-order chi connectivity index (χ1) is 8.34. The Labute approximate surface area is 99.3 Å². The molecule has 1 aromatic rings. The molecule has 1 N–H and O–H groups in total. The third kappa shape index (κ3) is 3.48. The maximum Gasteiger partial charge on any atom is 0.431 e. The van der Waals surface area contributed by atoms with Crippen LogP contribution in [0.2, 0.25) is 0 Å². The fourth-order valence-electron chi connectivity index (χ4n) is 1.11. The first-order valence-corrected chi connectivity index (χ1v) is 4.53. The molecule has 0 aliphatic rings. The number of nitrogens with one attached hydrogen (secondary N) is 1. The van der Waals surface area contributed by atoms with Gasteiger partial charge in [0.05, 0.1) is 11.0 Å². The van der Waals surface area contributed by atoms with E-state index in [0.29, 0.717) is 6.08 Å². The van der Waals surface area contributed by atoms with Crippen LogP contribution in [0.15, 0.2) is 36.0 Å². The van der Waals surface area contributed by atoms with E-state index >= 15 is 0 Å². The Morgan fingerprint density at radius 3 is 2.67 bits per heavy atom. The molecule has 94 valence electrons. The topological polar surface area (TPSA) is 79.0 Å². The maximum absolute atomic E-state index is 12.4. The Morgan fingerprint density at radius 2 is 2.17 bits per heavy atom. The number of halogens is 3. The molecule has 0 fully saturated rings. The first-order valence-electron chi connectivity index (χ1n) is 4.53. The van der Waals surface area contributed by atoms with Gasteiger partial charge in [-0.3, -0.25) is 10.1 Å². The van der Waals surface area contributed by atoms with Crippen LogP contribution in [0, 0.1) is 21.4 Å². The maximum atomic E-state index is 12.4. The molecule has 0 aromatic heterocycles. The van der Waals surface area contributed by atoms with Crippen LogP contribution in [0.1, 0.15) is 0 Å². The number of hydrogen-bond acceptors (Lipinski definition) is 4. The van der Waals surface area contributed by atoms with Gasteiger partial charge in [-0.15, -0.1) is 0 Å². The number of nitro groups is 1. The lowest BCUT2D eigenvalue weighted by Crippen LogP contribution is -2.19. The molecular formula is C10H6F3N3O2. The van der Waals surface area contributed by atoms with Crippen LogP contribution in [0.3, 0.4) is 0 Å². The molecule has 0 spiro atoms. The highest BCUT2D eigenvalue weighted by molar-refractivity contribution is 5.55. The summed E-state index contributed by atoms with van der Waals surface area (Å²) in [5, 5.41) is 20.6. The van der Waals surface area contributed by atoms with E-state index < -0.39 is 16.8 Å². The van der Waals surface area contributed by atoms with Crippen molar-refractivity contribution in [3.05, 3.63) is 46.2 Å². The second-order valence-electron chi connectivity index (χ2n) is 3.12. The summed E-state index contributed by atoms with van der Waals surface area (Å²) < 4.78 is 37.3. The number of non-ortho nitro benzene ring substituents is 1. The fraction of sp³-hybridized carbons (Fsp3) is 0.100. The number of nitro benzene ring substituents is 1. The highest BCUT2D eigenvalue weighted by Crippen LogP contribution is 2.28. The summed E-state index contributed by atoms with van der Waals surface area (Å²) >= 11 is 0. The summed E-state index contributed by atoms with van der Waals surface area (Å²) in [6.45, 7) is 0. The molecule has 0 atom stereocenters. The second kappa shape index (κ2) is 5.18. The Kier molecular flexibility index (Phi) is 3.89. The molecule has 18 heavy (non-hydrogen) atoms. The third-order valence-electron chi connectivity index (χ3n) is 1.85. The number of alkyl halides is 3. The molecule has 0 heterocycles. The smallest absolute Gasteiger partial charge is 0.351 e. The molecule has 0 unspecified atom stereocenters. The average Bonchev–Trinajstić information content (AvgIpc) is 2.27. The van der Waals surface area contributed by atoms with Crippen molar-refractivity contribution in [3.63, 3.8) is 0 Å². The summed E-state index contributed by atoms with van der Waals surface area (Å²) in [5.74, 6) is 0. The number of nitriles is 1. The van der Waals surface area contributed by atoms with Crippen LogP contribution < -0.4 is 5.32 Å². The van der Waals surface area contributed by atoms with Gasteiger partial charge < -0.3 is 5.32 Å². The lowest BCUT2D eigenvalue weighted by Gasteiger charge is -2.12. The number of rotatable bonds is 3. The minimum atomic E-state index is -4.74. The molecular weight excluding hydrogens is 251 g/mol. The number of allylic oxidation sites excluding steroid dienone is 2. The first kappa shape index (κ1) is 13.5. The second-order valence-corrected chi connectivity index (χ2v) is 3.12. The van der Waals surface area contributed by atoms with Crippen molar-refractivity contribution in [1.82, 2.24) is 0 Å². The summed E-state index contributed by atoms with van der Waals surface area (Å²) in [7, 11) is 0. The lowest BCUT2D eigenvalue weighted by atomic mass is 10.2. The Hall–Kier alpha value is -2.56. The standard InChI is InChI=1S/C10H6F3N3O2/c11-10(12,13)9(4-5-14)15-7-2-1-3-8(6-7)16(17)18/h1-4,6,15H/b9-4-. The van der Waals surface area contributed by atoms with Crippen molar-refractivity contribution in [1.29, 1.82) is 5.26 Å². The van der Waals surface area contributed by atoms with E-state index in [1.54, 1.807) is 0 Å². The van der Waals surface area contributed by atoms with Gasteiger partial charge in [0.15, 0.2) is 0 Å². The molecule has 1 rings (SSSR count). The van der Waals surface area contributed by atoms with E-state index in [-0.39, 0.29) is 11.4 Å².